The van der Waals surface area contributed by atoms with Gasteiger partial charge in [0.25, 0.3) is 0 Å². The number of hydrogen-bond donors (Lipinski definition) is 0. The molecule has 4 aromatic carbocycles. The quantitative estimate of drug-likeness (QED) is 0.403. The molecule has 0 aliphatic rings. The molecule has 0 aromatic heterocycles. The van der Waals surface area contributed by atoms with Crippen LogP contribution in [0.4, 0.5) is 0 Å². The van der Waals surface area contributed by atoms with Crippen molar-refractivity contribution in [1.82, 2.24) is 0 Å². The van der Waals surface area contributed by atoms with Gasteiger partial charge in [0.05, 0.1) is 7.11 Å². The summed E-state index contributed by atoms with van der Waals surface area (Å²) < 4.78 is 5.88. The molecule has 0 heterocycles. The average Bonchev–Trinajstić information content (AvgIpc) is 2.74. The Kier molecular flexibility index (Phi) is 4.53. The maximum atomic E-state index is 5.88. The van der Waals surface area contributed by atoms with E-state index >= 15 is 0 Å². The lowest BCUT2D eigenvalue weighted by Gasteiger charge is -2.17. The molecule has 26 heavy (non-hydrogen) atoms. The molecular weight excluding hydrogens is 316 g/mol. The minimum atomic E-state index is 0.905. The van der Waals surface area contributed by atoms with Gasteiger partial charge in [-0.05, 0) is 34.4 Å². The van der Waals surface area contributed by atoms with E-state index in [1.807, 2.05) is 18.2 Å². The predicted molar refractivity (Wildman–Crippen MR) is 109 cm³/mol. The molecule has 0 atom stereocenters. The third-order valence-electron chi connectivity index (χ3n) is 4.57. The average molecular weight is 336 g/mol. The minimum Gasteiger partial charge on any atom is -0.495 e. The molecule has 126 valence electrons. The SMILES string of the molecule is COc1c(-c2ccccc2)cc(-c2ccccc2)cc1-c1ccccc1. The van der Waals surface area contributed by atoms with Crippen molar-refractivity contribution in [2.45, 2.75) is 0 Å². The van der Waals surface area contributed by atoms with Crippen molar-refractivity contribution >= 4 is 0 Å². The number of methoxy groups -OCH3 is 1. The van der Waals surface area contributed by atoms with E-state index in [0.29, 0.717) is 0 Å². The van der Waals surface area contributed by atoms with Crippen molar-refractivity contribution in [3.63, 3.8) is 0 Å². The van der Waals surface area contributed by atoms with Crippen LogP contribution < -0.4 is 4.74 Å². The molecule has 0 bridgehead atoms. The fourth-order valence-electron chi connectivity index (χ4n) is 3.31. The van der Waals surface area contributed by atoms with Gasteiger partial charge in [-0.15, -0.1) is 0 Å². The van der Waals surface area contributed by atoms with Crippen molar-refractivity contribution in [3.05, 3.63) is 103 Å². The first kappa shape index (κ1) is 16.2. The van der Waals surface area contributed by atoms with Gasteiger partial charge in [-0.3, -0.25) is 0 Å². The van der Waals surface area contributed by atoms with Crippen LogP contribution >= 0.6 is 0 Å². The molecule has 0 aliphatic heterocycles. The van der Waals surface area contributed by atoms with E-state index in [1.165, 1.54) is 11.1 Å². The Morgan fingerprint density at radius 1 is 0.462 bits per heavy atom. The van der Waals surface area contributed by atoms with Crippen LogP contribution in [0.15, 0.2) is 103 Å². The molecule has 0 unspecified atom stereocenters. The van der Waals surface area contributed by atoms with Gasteiger partial charge in [0.2, 0.25) is 0 Å². The van der Waals surface area contributed by atoms with E-state index in [-0.39, 0.29) is 0 Å². The smallest absolute Gasteiger partial charge is 0.134 e. The van der Waals surface area contributed by atoms with Crippen molar-refractivity contribution in [1.29, 1.82) is 0 Å². The molecule has 0 amide bonds. The Morgan fingerprint density at radius 2 is 0.846 bits per heavy atom. The highest BCUT2D eigenvalue weighted by molar-refractivity contribution is 5.88. The maximum Gasteiger partial charge on any atom is 0.134 e. The van der Waals surface area contributed by atoms with Crippen molar-refractivity contribution < 1.29 is 4.74 Å². The number of rotatable bonds is 4. The molecule has 4 rings (SSSR count). The molecule has 0 saturated carbocycles. The summed E-state index contributed by atoms with van der Waals surface area (Å²) in [5.74, 6) is 0.905. The highest BCUT2D eigenvalue weighted by Crippen LogP contribution is 2.42. The van der Waals surface area contributed by atoms with Crippen molar-refractivity contribution in [2.24, 2.45) is 0 Å². The van der Waals surface area contributed by atoms with E-state index in [4.69, 9.17) is 4.74 Å². The Labute approximate surface area is 154 Å². The van der Waals surface area contributed by atoms with Gasteiger partial charge in [-0.25, -0.2) is 0 Å². The van der Waals surface area contributed by atoms with Crippen LogP contribution in [0.5, 0.6) is 5.75 Å². The van der Waals surface area contributed by atoms with E-state index < -0.39 is 0 Å². The standard InChI is InChI=1S/C25H20O/c1-26-25-23(20-13-7-3-8-14-20)17-22(19-11-5-2-6-12-19)18-24(25)21-15-9-4-10-16-21/h2-18H,1H3. The summed E-state index contributed by atoms with van der Waals surface area (Å²) in [6.07, 6.45) is 0. The summed E-state index contributed by atoms with van der Waals surface area (Å²) in [5.41, 5.74) is 6.90. The second-order valence-corrected chi connectivity index (χ2v) is 6.20. The highest BCUT2D eigenvalue weighted by Gasteiger charge is 2.15. The zero-order chi connectivity index (χ0) is 17.8. The first-order valence-electron chi connectivity index (χ1n) is 8.75. The lowest BCUT2D eigenvalue weighted by Crippen LogP contribution is -1.94. The normalized spacial score (nSPS) is 10.5. The van der Waals surface area contributed by atoms with E-state index in [0.717, 1.165) is 28.0 Å². The summed E-state index contributed by atoms with van der Waals surface area (Å²) >= 11 is 0. The molecule has 4 aromatic rings. The molecule has 0 saturated heterocycles. The van der Waals surface area contributed by atoms with Gasteiger partial charge >= 0.3 is 0 Å². The summed E-state index contributed by atoms with van der Waals surface area (Å²) in [6.45, 7) is 0. The molecule has 0 spiro atoms. The first-order chi connectivity index (χ1) is 12.9. The molecule has 0 radical (unpaired) electrons. The first-order valence-corrected chi connectivity index (χ1v) is 8.75. The van der Waals surface area contributed by atoms with E-state index in [9.17, 15) is 0 Å². The highest BCUT2D eigenvalue weighted by atomic mass is 16.5. The van der Waals surface area contributed by atoms with Gasteiger partial charge < -0.3 is 4.74 Å². The summed E-state index contributed by atoms with van der Waals surface area (Å²) in [6, 6.07) is 35.7. The third kappa shape index (κ3) is 3.12. The van der Waals surface area contributed by atoms with Crippen LogP contribution in [-0.4, -0.2) is 7.11 Å². The molecule has 1 nitrogen and oxygen atoms in total. The van der Waals surface area contributed by atoms with Gasteiger partial charge in [-0.2, -0.15) is 0 Å². The Morgan fingerprint density at radius 3 is 1.23 bits per heavy atom. The Hall–Kier alpha value is -3.32. The third-order valence-corrected chi connectivity index (χ3v) is 4.57. The Bertz CT molecular complexity index is 929. The Balaban J connectivity index is 2.01. The fraction of sp³-hybridized carbons (Fsp3) is 0.0400. The number of benzene rings is 4. The van der Waals surface area contributed by atoms with Gasteiger partial charge in [0, 0.05) is 11.1 Å². The van der Waals surface area contributed by atoms with Crippen molar-refractivity contribution in [2.75, 3.05) is 7.11 Å². The largest absolute Gasteiger partial charge is 0.495 e. The van der Waals surface area contributed by atoms with E-state index in [2.05, 4.69) is 84.9 Å². The monoisotopic (exact) mass is 336 g/mol. The molecule has 0 N–H and O–H groups in total. The zero-order valence-electron chi connectivity index (χ0n) is 14.7. The minimum absolute atomic E-state index is 0.905. The van der Waals surface area contributed by atoms with Crippen LogP contribution in [0.25, 0.3) is 33.4 Å². The van der Waals surface area contributed by atoms with E-state index in [1.54, 1.807) is 7.11 Å². The lowest BCUT2D eigenvalue weighted by molar-refractivity contribution is 0.418. The van der Waals surface area contributed by atoms with Gasteiger partial charge in [0.15, 0.2) is 0 Å². The summed E-state index contributed by atoms with van der Waals surface area (Å²) in [5, 5.41) is 0. The van der Waals surface area contributed by atoms with Crippen molar-refractivity contribution in [3.8, 4) is 39.1 Å². The summed E-state index contributed by atoms with van der Waals surface area (Å²) in [4.78, 5) is 0. The zero-order valence-corrected chi connectivity index (χ0v) is 14.7. The van der Waals surface area contributed by atoms with Crippen LogP contribution in [0.1, 0.15) is 0 Å². The van der Waals surface area contributed by atoms with Crippen LogP contribution in [0, 0.1) is 0 Å². The second-order valence-electron chi connectivity index (χ2n) is 6.20. The van der Waals surface area contributed by atoms with Gasteiger partial charge in [-0.1, -0.05) is 91.0 Å². The van der Waals surface area contributed by atoms with Crippen LogP contribution in [0.3, 0.4) is 0 Å². The molecule has 0 fully saturated rings. The maximum absolute atomic E-state index is 5.88. The summed E-state index contributed by atoms with van der Waals surface area (Å²) in [7, 11) is 1.75. The van der Waals surface area contributed by atoms with Gasteiger partial charge in [0.1, 0.15) is 5.75 Å². The molecule has 1 heteroatoms. The second kappa shape index (κ2) is 7.28. The predicted octanol–water partition coefficient (Wildman–Crippen LogP) is 6.70. The van der Waals surface area contributed by atoms with Crippen LogP contribution in [-0.2, 0) is 0 Å². The number of ether oxygens (including phenoxy) is 1. The number of hydrogen-bond acceptors (Lipinski definition) is 1. The lowest BCUT2D eigenvalue weighted by atomic mass is 9.92. The fourth-order valence-corrected chi connectivity index (χ4v) is 3.31. The molecular formula is C25H20O. The molecule has 0 aliphatic carbocycles. The van der Waals surface area contributed by atoms with Crippen LogP contribution in [0.2, 0.25) is 0 Å². The topological polar surface area (TPSA) is 9.23 Å².